The fourth-order valence-corrected chi connectivity index (χ4v) is 4.42. The summed E-state index contributed by atoms with van der Waals surface area (Å²) in [6, 6.07) is 18.8. The van der Waals surface area contributed by atoms with Gasteiger partial charge in [0.1, 0.15) is 5.75 Å². The minimum atomic E-state index is -3.73. The number of hydrogen-bond donors (Lipinski definition) is 2. The molecule has 0 aromatic heterocycles. The lowest BCUT2D eigenvalue weighted by molar-refractivity contribution is -0.118. The van der Waals surface area contributed by atoms with Crippen LogP contribution in [0.4, 0.5) is 11.4 Å². The van der Waals surface area contributed by atoms with E-state index in [4.69, 9.17) is 4.74 Å². The van der Waals surface area contributed by atoms with Crippen LogP contribution in [0.5, 0.6) is 5.75 Å². The van der Waals surface area contributed by atoms with E-state index in [0.717, 1.165) is 21.7 Å². The molecule has 0 unspecified atom stereocenters. The topological polar surface area (TPSA) is 84.5 Å². The zero-order valence-electron chi connectivity index (χ0n) is 17.5. The Labute approximate surface area is 187 Å². The van der Waals surface area contributed by atoms with Gasteiger partial charge in [-0.05, 0) is 79.8 Å². The predicted octanol–water partition coefficient (Wildman–Crippen LogP) is 4.84. The first-order valence-corrected chi connectivity index (χ1v) is 12.2. The van der Waals surface area contributed by atoms with E-state index >= 15 is 0 Å². The number of anilines is 2. The molecule has 0 aliphatic heterocycles. The maximum absolute atomic E-state index is 12.6. The quantitative estimate of drug-likeness (QED) is 0.474. The maximum Gasteiger partial charge on any atom is 0.262 e. The Bertz CT molecular complexity index is 1180. The van der Waals surface area contributed by atoms with Crippen LogP contribution in [0, 0.1) is 13.8 Å². The number of sulfonamides is 1. The zero-order chi connectivity index (χ0) is 22.4. The highest BCUT2D eigenvalue weighted by Gasteiger charge is 2.15. The first kappa shape index (κ1) is 22.7. The number of carbonyl (C=O) groups is 1. The molecule has 2 N–H and O–H groups in total. The van der Waals surface area contributed by atoms with Crippen molar-refractivity contribution in [1.82, 2.24) is 0 Å². The lowest BCUT2D eigenvalue weighted by Gasteiger charge is -2.12. The van der Waals surface area contributed by atoms with Crippen LogP contribution < -0.4 is 14.8 Å². The summed E-state index contributed by atoms with van der Waals surface area (Å²) in [5.41, 5.74) is 3.32. The van der Waals surface area contributed by atoms with Crippen LogP contribution in [0.2, 0.25) is 0 Å². The Balaban J connectivity index is 1.60. The molecule has 0 aliphatic rings. The van der Waals surface area contributed by atoms with Crippen molar-refractivity contribution < 1.29 is 17.9 Å². The van der Waals surface area contributed by atoms with Crippen LogP contribution in [0.25, 0.3) is 0 Å². The Morgan fingerprint density at radius 2 is 1.68 bits per heavy atom. The van der Waals surface area contributed by atoms with Crippen molar-refractivity contribution in [2.45, 2.75) is 23.6 Å². The van der Waals surface area contributed by atoms with E-state index in [-0.39, 0.29) is 17.4 Å². The Morgan fingerprint density at radius 3 is 2.35 bits per heavy atom. The molecule has 3 rings (SSSR count). The van der Waals surface area contributed by atoms with Gasteiger partial charge in [-0.3, -0.25) is 9.52 Å². The van der Waals surface area contributed by atoms with Gasteiger partial charge in [0, 0.05) is 10.6 Å². The second-order valence-corrected chi connectivity index (χ2v) is 9.44. The number of ether oxygens (including phenoxy) is 1. The van der Waals surface area contributed by atoms with Crippen LogP contribution in [0.1, 0.15) is 11.1 Å². The summed E-state index contributed by atoms with van der Waals surface area (Å²) >= 11 is 1.54. The zero-order valence-corrected chi connectivity index (χ0v) is 19.1. The summed E-state index contributed by atoms with van der Waals surface area (Å²) in [5, 5.41) is 2.81. The molecule has 1 amide bonds. The SMILES string of the molecule is CSc1ccccc1NC(=O)COc1ccc(S(=O)(=O)Nc2ccc(C)c(C)c2)cc1. The van der Waals surface area contributed by atoms with Crippen molar-refractivity contribution >= 4 is 39.1 Å². The molecule has 6 nitrogen and oxygen atoms in total. The van der Waals surface area contributed by atoms with E-state index < -0.39 is 10.0 Å². The minimum absolute atomic E-state index is 0.108. The van der Waals surface area contributed by atoms with Crippen LogP contribution in [-0.4, -0.2) is 27.2 Å². The van der Waals surface area contributed by atoms with E-state index in [1.807, 2.05) is 50.4 Å². The highest BCUT2D eigenvalue weighted by atomic mass is 32.2. The molecule has 0 heterocycles. The summed E-state index contributed by atoms with van der Waals surface area (Å²) in [5.74, 6) is 0.105. The summed E-state index contributed by atoms with van der Waals surface area (Å²) in [6.45, 7) is 3.71. The normalized spacial score (nSPS) is 11.1. The van der Waals surface area contributed by atoms with Gasteiger partial charge >= 0.3 is 0 Å². The van der Waals surface area contributed by atoms with E-state index in [0.29, 0.717) is 11.4 Å². The third-order valence-corrected chi connectivity index (χ3v) is 6.84. The third-order valence-electron chi connectivity index (χ3n) is 4.64. The number of amides is 1. The molecule has 0 aliphatic carbocycles. The van der Waals surface area contributed by atoms with E-state index in [1.54, 1.807) is 12.1 Å². The first-order valence-electron chi connectivity index (χ1n) is 9.54. The molecular weight excluding hydrogens is 432 g/mol. The monoisotopic (exact) mass is 456 g/mol. The number of rotatable bonds is 8. The van der Waals surface area contributed by atoms with E-state index in [9.17, 15) is 13.2 Å². The molecule has 0 fully saturated rings. The van der Waals surface area contributed by atoms with Gasteiger partial charge in [0.2, 0.25) is 0 Å². The summed E-state index contributed by atoms with van der Waals surface area (Å²) in [6.07, 6.45) is 1.94. The van der Waals surface area contributed by atoms with Crippen molar-refractivity contribution in [3.05, 3.63) is 77.9 Å². The number of aryl methyl sites for hydroxylation is 2. The number of hydrogen-bond acceptors (Lipinski definition) is 5. The molecule has 0 spiro atoms. The van der Waals surface area contributed by atoms with Crippen molar-refractivity contribution in [1.29, 1.82) is 0 Å². The first-order chi connectivity index (χ1) is 14.8. The average molecular weight is 457 g/mol. The van der Waals surface area contributed by atoms with E-state index in [2.05, 4.69) is 10.0 Å². The molecule has 0 saturated heterocycles. The van der Waals surface area contributed by atoms with Gasteiger partial charge in [0.05, 0.1) is 10.6 Å². The molecule has 0 radical (unpaired) electrons. The Hall–Kier alpha value is -2.97. The molecule has 8 heteroatoms. The molecule has 0 bridgehead atoms. The average Bonchev–Trinajstić information content (AvgIpc) is 2.75. The summed E-state index contributed by atoms with van der Waals surface area (Å²) in [7, 11) is -3.73. The van der Waals surface area contributed by atoms with Gasteiger partial charge in [0.15, 0.2) is 6.61 Å². The van der Waals surface area contributed by atoms with Crippen molar-refractivity contribution in [2.24, 2.45) is 0 Å². The van der Waals surface area contributed by atoms with Gasteiger partial charge in [-0.1, -0.05) is 18.2 Å². The summed E-state index contributed by atoms with van der Waals surface area (Å²) in [4.78, 5) is 13.3. The van der Waals surface area contributed by atoms with Gasteiger partial charge in [-0.15, -0.1) is 11.8 Å². The molecular formula is C23H24N2O4S2. The lowest BCUT2D eigenvalue weighted by Crippen LogP contribution is -2.20. The molecule has 3 aromatic rings. The predicted molar refractivity (Wildman–Crippen MR) is 126 cm³/mol. The Kier molecular flexibility index (Phi) is 7.25. The van der Waals surface area contributed by atoms with Crippen LogP contribution in [0.15, 0.2) is 76.5 Å². The number of carbonyl (C=O) groups excluding carboxylic acids is 1. The highest BCUT2D eigenvalue weighted by Crippen LogP contribution is 2.25. The second-order valence-electron chi connectivity index (χ2n) is 6.91. The fraction of sp³-hybridized carbons (Fsp3) is 0.174. The van der Waals surface area contributed by atoms with E-state index in [1.165, 1.54) is 36.0 Å². The van der Waals surface area contributed by atoms with Crippen LogP contribution in [0.3, 0.4) is 0 Å². The van der Waals surface area contributed by atoms with Crippen molar-refractivity contribution in [2.75, 3.05) is 22.9 Å². The molecule has 0 atom stereocenters. The van der Waals surface area contributed by atoms with Gasteiger partial charge in [-0.2, -0.15) is 0 Å². The van der Waals surface area contributed by atoms with Gasteiger partial charge in [-0.25, -0.2) is 8.42 Å². The number of para-hydroxylation sites is 1. The second kappa shape index (κ2) is 9.89. The number of thioether (sulfide) groups is 1. The van der Waals surface area contributed by atoms with Gasteiger partial charge < -0.3 is 10.1 Å². The largest absolute Gasteiger partial charge is 0.484 e. The fourth-order valence-electron chi connectivity index (χ4n) is 2.82. The van der Waals surface area contributed by atoms with Gasteiger partial charge in [0.25, 0.3) is 15.9 Å². The van der Waals surface area contributed by atoms with Crippen LogP contribution in [-0.2, 0) is 14.8 Å². The standard InChI is InChI=1S/C23H24N2O4S2/c1-16-8-9-18(14-17(16)2)25-31(27,28)20-12-10-19(11-13-20)29-15-23(26)24-21-6-4-5-7-22(21)30-3/h4-14,25H,15H2,1-3H3,(H,24,26). The van der Waals surface area contributed by atoms with Crippen molar-refractivity contribution in [3.63, 3.8) is 0 Å². The number of nitrogens with one attached hydrogen (secondary N) is 2. The minimum Gasteiger partial charge on any atom is -0.484 e. The molecule has 3 aromatic carbocycles. The summed E-state index contributed by atoms with van der Waals surface area (Å²) < 4.78 is 33.3. The Morgan fingerprint density at radius 1 is 0.968 bits per heavy atom. The maximum atomic E-state index is 12.6. The molecule has 31 heavy (non-hydrogen) atoms. The third kappa shape index (κ3) is 6.02. The number of benzene rings is 3. The smallest absolute Gasteiger partial charge is 0.262 e. The van der Waals surface area contributed by atoms with Crippen LogP contribution >= 0.6 is 11.8 Å². The van der Waals surface area contributed by atoms with Crippen molar-refractivity contribution in [3.8, 4) is 5.75 Å². The molecule has 162 valence electrons. The lowest BCUT2D eigenvalue weighted by atomic mass is 10.1. The molecule has 0 saturated carbocycles. The highest BCUT2D eigenvalue weighted by molar-refractivity contribution is 7.98.